The number of guanidine groups is 1. The molecule has 0 spiro atoms. The van der Waals surface area contributed by atoms with Crippen molar-refractivity contribution in [1.29, 1.82) is 0 Å². The largest absolute Gasteiger partial charge is 0.381 e. The lowest BCUT2D eigenvalue weighted by molar-refractivity contribution is 0.130. The van der Waals surface area contributed by atoms with Crippen molar-refractivity contribution in [2.24, 2.45) is 4.99 Å². The first-order valence-electron chi connectivity index (χ1n) is 9.24. The predicted molar refractivity (Wildman–Crippen MR) is 121 cm³/mol. The molecule has 1 aromatic carbocycles. The predicted octanol–water partition coefficient (Wildman–Crippen LogP) is 2.34. The van der Waals surface area contributed by atoms with Gasteiger partial charge in [-0.2, -0.15) is 0 Å². The topological polar surface area (TPSA) is 91.8 Å². The van der Waals surface area contributed by atoms with Crippen molar-refractivity contribution in [1.82, 2.24) is 15.4 Å². The van der Waals surface area contributed by atoms with E-state index in [9.17, 15) is 8.42 Å². The van der Waals surface area contributed by atoms with Gasteiger partial charge >= 0.3 is 0 Å². The molecule has 7 nitrogen and oxygen atoms in total. The quantitative estimate of drug-likeness (QED) is 0.163. The van der Waals surface area contributed by atoms with Crippen molar-refractivity contribution in [3.63, 3.8) is 0 Å². The molecule has 0 bridgehead atoms. The van der Waals surface area contributed by atoms with Crippen molar-refractivity contribution < 1.29 is 13.2 Å². The van der Waals surface area contributed by atoms with Crippen LogP contribution in [0.3, 0.4) is 0 Å². The van der Waals surface area contributed by atoms with Crippen LogP contribution >= 0.6 is 24.0 Å². The van der Waals surface area contributed by atoms with Crippen LogP contribution in [-0.4, -0.2) is 53.8 Å². The molecule has 27 heavy (non-hydrogen) atoms. The SMILES string of the molecule is CCCCOCCCN=C(NCC)NCCNS(=O)(=O)c1ccccc1.I. The minimum Gasteiger partial charge on any atom is -0.381 e. The van der Waals surface area contributed by atoms with E-state index in [0.29, 0.717) is 25.7 Å². The highest BCUT2D eigenvalue weighted by atomic mass is 127. The summed E-state index contributed by atoms with van der Waals surface area (Å²) in [7, 11) is -3.47. The molecule has 156 valence electrons. The molecule has 9 heteroatoms. The number of nitrogens with one attached hydrogen (secondary N) is 3. The van der Waals surface area contributed by atoms with E-state index in [0.717, 1.165) is 32.4 Å². The first kappa shape index (κ1) is 26.1. The standard InChI is InChI=1S/C18H32N4O3S.HI/c1-3-5-15-25-16-9-12-20-18(19-4-2)21-13-14-22-26(23,24)17-10-7-6-8-11-17;/h6-8,10-11,22H,3-5,9,12-16H2,1-2H3,(H2,19,20,21);1H. The van der Waals surface area contributed by atoms with Gasteiger partial charge in [0.2, 0.25) is 10.0 Å². The molecule has 0 unspecified atom stereocenters. The van der Waals surface area contributed by atoms with Gasteiger partial charge in [0.05, 0.1) is 4.90 Å². The third-order valence-electron chi connectivity index (χ3n) is 3.47. The summed E-state index contributed by atoms with van der Waals surface area (Å²) in [6, 6.07) is 8.34. The highest BCUT2D eigenvalue weighted by Gasteiger charge is 2.11. The lowest BCUT2D eigenvalue weighted by atomic mass is 10.4. The molecule has 0 aliphatic carbocycles. The van der Waals surface area contributed by atoms with Gasteiger partial charge in [-0.1, -0.05) is 31.5 Å². The number of unbranched alkanes of at least 4 members (excludes halogenated alkanes) is 1. The van der Waals surface area contributed by atoms with E-state index in [-0.39, 0.29) is 35.4 Å². The Hall–Kier alpha value is -0.910. The lowest BCUT2D eigenvalue weighted by Gasteiger charge is -2.12. The van der Waals surface area contributed by atoms with E-state index in [1.807, 2.05) is 6.92 Å². The average Bonchev–Trinajstić information content (AvgIpc) is 2.65. The molecule has 1 rings (SSSR count). The van der Waals surface area contributed by atoms with Crippen molar-refractivity contribution >= 4 is 40.0 Å². The van der Waals surface area contributed by atoms with E-state index < -0.39 is 10.0 Å². The van der Waals surface area contributed by atoms with Crippen LogP contribution in [0.4, 0.5) is 0 Å². The maximum Gasteiger partial charge on any atom is 0.240 e. The summed E-state index contributed by atoms with van der Waals surface area (Å²) in [6.45, 7) is 7.78. The molecule has 0 saturated carbocycles. The van der Waals surface area contributed by atoms with Crippen molar-refractivity contribution in [2.45, 2.75) is 38.0 Å². The first-order chi connectivity index (χ1) is 12.6. The fourth-order valence-electron chi connectivity index (χ4n) is 2.10. The van der Waals surface area contributed by atoms with E-state index in [4.69, 9.17) is 4.74 Å². The van der Waals surface area contributed by atoms with Crippen LogP contribution < -0.4 is 15.4 Å². The summed E-state index contributed by atoms with van der Waals surface area (Å²) in [6.07, 6.45) is 3.09. The van der Waals surface area contributed by atoms with Gasteiger partial charge < -0.3 is 15.4 Å². The summed E-state index contributed by atoms with van der Waals surface area (Å²) in [4.78, 5) is 4.73. The molecule has 0 radical (unpaired) electrons. The Balaban J connectivity index is 0.00000676. The number of nitrogens with zero attached hydrogens (tertiary/aromatic N) is 1. The summed E-state index contributed by atoms with van der Waals surface area (Å²) in [5, 5.41) is 6.27. The Morgan fingerprint density at radius 3 is 2.41 bits per heavy atom. The minimum absolute atomic E-state index is 0. The number of sulfonamides is 1. The molecular weight excluding hydrogens is 479 g/mol. The third-order valence-corrected chi connectivity index (χ3v) is 4.94. The Bertz CT molecular complexity index is 612. The van der Waals surface area contributed by atoms with Gasteiger partial charge in [-0.25, -0.2) is 13.1 Å². The van der Waals surface area contributed by atoms with Crippen LogP contribution in [0.2, 0.25) is 0 Å². The molecule has 0 fully saturated rings. The fourth-order valence-corrected chi connectivity index (χ4v) is 3.15. The van der Waals surface area contributed by atoms with Gasteiger partial charge in [0.1, 0.15) is 0 Å². The minimum atomic E-state index is -3.47. The molecule has 1 aromatic rings. The zero-order chi connectivity index (χ0) is 19.1. The van der Waals surface area contributed by atoms with Crippen LogP contribution in [0.25, 0.3) is 0 Å². The molecule has 0 aromatic heterocycles. The molecule has 0 atom stereocenters. The average molecular weight is 512 g/mol. The van der Waals surface area contributed by atoms with Gasteiger partial charge in [-0.05, 0) is 31.9 Å². The zero-order valence-electron chi connectivity index (χ0n) is 16.2. The van der Waals surface area contributed by atoms with E-state index in [2.05, 4.69) is 27.3 Å². The van der Waals surface area contributed by atoms with Gasteiger partial charge in [-0.15, -0.1) is 24.0 Å². The van der Waals surface area contributed by atoms with Gasteiger partial charge in [-0.3, -0.25) is 4.99 Å². The number of aliphatic imine (C=N–C) groups is 1. The maximum absolute atomic E-state index is 12.1. The summed E-state index contributed by atoms with van der Waals surface area (Å²) in [5.41, 5.74) is 0. The Labute approximate surface area is 180 Å². The van der Waals surface area contributed by atoms with Crippen molar-refractivity contribution in [2.75, 3.05) is 39.4 Å². The smallest absolute Gasteiger partial charge is 0.240 e. The maximum atomic E-state index is 12.1. The second-order valence-electron chi connectivity index (χ2n) is 5.72. The van der Waals surface area contributed by atoms with Crippen LogP contribution in [0, 0.1) is 0 Å². The van der Waals surface area contributed by atoms with Crippen LogP contribution in [0.15, 0.2) is 40.2 Å². The molecule has 0 aliphatic rings. The first-order valence-corrected chi connectivity index (χ1v) is 10.7. The summed E-state index contributed by atoms with van der Waals surface area (Å²) in [5.74, 6) is 0.681. The van der Waals surface area contributed by atoms with E-state index >= 15 is 0 Å². The zero-order valence-corrected chi connectivity index (χ0v) is 19.4. The van der Waals surface area contributed by atoms with Crippen LogP contribution in [0.5, 0.6) is 0 Å². The van der Waals surface area contributed by atoms with E-state index in [1.165, 1.54) is 0 Å². The Morgan fingerprint density at radius 2 is 1.74 bits per heavy atom. The molecule has 0 amide bonds. The monoisotopic (exact) mass is 512 g/mol. The second-order valence-corrected chi connectivity index (χ2v) is 7.48. The molecule has 0 heterocycles. The third kappa shape index (κ3) is 12.2. The number of ether oxygens (including phenoxy) is 1. The molecule has 3 N–H and O–H groups in total. The summed E-state index contributed by atoms with van der Waals surface area (Å²) < 4.78 is 32.3. The van der Waals surface area contributed by atoms with Crippen LogP contribution in [-0.2, 0) is 14.8 Å². The van der Waals surface area contributed by atoms with E-state index in [1.54, 1.807) is 30.3 Å². The second kappa shape index (κ2) is 16.1. The number of rotatable bonds is 13. The lowest BCUT2D eigenvalue weighted by Crippen LogP contribution is -2.41. The Kier molecular flexibility index (Phi) is 15.5. The fraction of sp³-hybridized carbons (Fsp3) is 0.611. The highest BCUT2D eigenvalue weighted by molar-refractivity contribution is 14.0. The van der Waals surface area contributed by atoms with Gasteiger partial charge in [0.25, 0.3) is 0 Å². The van der Waals surface area contributed by atoms with Crippen molar-refractivity contribution in [3.8, 4) is 0 Å². The Morgan fingerprint density at radius 1 is 1.04 bits per heavy atom. The number of hydrogen-bond acceptors (Lipinski definition) is 4. The number of benzene rings is 1. The number of halogens is 1. The normalized spacial score (nSPS) is 11.7. The molecular formula is C18H33IN4O3S. The molecule has 0 aliphatic heterocycles. The van der Waals surface area contributed by atoms with Gasteiger partial charge in [0.15, 0.2) is 5.96 Å². The van der Waals surface area contributed by atoms with Crippen LogP contribution in [0.1, 0.15) is 33.1 Å². The summed E-state index contributed by atoms with van der Waals surface area (Å²) >= 11 is 0. The highest BCUT2D eigenvalue weighted by Crippen LogP contribution is 2.06. The van der Waals surface area contributed by atoms with Gasteiger partial charge in [0, 0.05) is 39.4 Å². The molecule has 0 saturated heterocycles. The number of hydrogen-bond donors (Lipinski definition) is 3. The van der Waals surface area contributed by atoms with Crippen molar-refractivity contribution in [3.05, 3.63) is 30.3 Å².